The molecule has 0 saturated heterocycles. The van der Waals surface area contributed by atoms with Crippen LogP contribution in [0.3, 0.4) is 0 Å². The molecular formula is C38H60O3. The number of carbonyl (C=O) groups is 1. The number of allylic oxidation sites excluding steroid dienone is 1. The number of hydrogen-bond donors (Lipinski definition) is 2. The highest BCUT2D eigenvalue weighted by Crippen LogP contribution is 2.79. The molecule has 10 atom stereocenters. The number of rotatable bonds is 6. The van der Waals surface area contributed by atoms with Crippen molar-refractivity contribution in [3.8, 4) is 12.3 Å². The number of aliphatic hydroxyl groups is 1. The summed E-state index contributed by atoms with van der Waals surface area (Å²) in [7, 11) is 0. The van der Waals surface area contributed by atoms with Gasteiger partial charge in [0.15, 0.2) is 0 Å². The van der Waals surface area contributed by atoms with Gasteiger partial charge in [0.2, 0.25) is 0 Å². The van der Waals surface area contributed by atoms with E-state index >= 15 is 0 Å². The van der Waals surface area contributed by atoms with E-state index in [2.05, 4.69) is 67.9 Å². The highest BCUT2D eigenvalue weighted by Gasteiger charge is 2.74. The predicted octanol–water partition coefficient (Wildman–Crippen LogP) is 9.29. The third-order valence-corrected chi connectivity index (χ3v) is 16.4. The van der Waals surface area contributed by atoms with E-state index in [1.165, 1.54) is 18.4 Å². The number of hydrogen-bond acceptors (Lipinski definition) is 2. The third kappa shape index (κ3) is 3.58. The molecule has 0 aromatic heterocycles. The molecule has 2 N–H and O–H groups in total. The molecule has 5 aliphatic rings. The third-order valence-electron chi connectivity index (χ3n) is 16.4. The zero-order chi connectivity index (χ0) is 30.4. The second kappa shape index (κ2) is 9.61. The summed E-state index contributed by atoms with van der Waals surface area (Å²) in [5.41, 5.74) is -0.175. The fraction of sp³-hybridized carbons (Fsp3) is 0.868. The van der Waals surface area contributed by atoms with Gasteiger partial charge in [-0.2, -0.15) is 0 Å². The van der Waals surface area contributed by atoms with Crippen LogP contribution < -0.4 is 0 Å². The average Bonchev–Trinajstić information content (AvgIpc) is 3.32. The lowest BCUT2D eigenvalue weighted by molar-refractivity contribution is -0.287. The smallest absolute Gasteiger partial charge is 0.309 e. The molecule has 5 fully saturated rings. The zero-order valence-corrected chi connectivity index (χ0v) is 27.7. The highest BCUT2D eigenvalue weighted by molar-refractivity contribution is 5.76. The molecule has 41 heavy (non-hydrogen) atoms. The Balaban J connectivity index is 1.54. The number of aliphatic carboxylic acids is 1. The Kier molecular flexibility index (Phi) is 7.31. The summed E-state index contributed by atoms with van der Waals surface area (Å²) < 4.78 is 0. The van der Waals surface area contributed by atoms with Crippen LogP contribution in [-0.4, -0.2) is 21.8 Å². The fourth-order valence-corrected chi connectivity index (χ4v) is 13.8. The minimum absolute atomic E-state index is 0.128. The molecule has 0 aromatic rings. The minimum atomic E-state index is -0.778. The second-order valence-corrected chi connectivity index (χ2v) is 17.1. The van der Waals surface area contributed by atoms with Crippen LogP contribution in [0.25, 0.3) is 0 Å². The maximum absolute atomic E-state index is 13.0. The van der Waals surface area contributed by atoms with Crippen molar-refractivity contribution < 1.29 is 15.0 Å². The van der Waals surface area contributed by atoms with Gasteiger partial charge in [-0.15, -0.1) is 12.3 Å². The predicted molar refractivity (Wildman–Crippen MR) is 168 cm³/mol. The monoisotopic (exact) mass is 564 g/mol. The van der Waals surface area contributed by atoms with Crippen LogP contribution in [-0.2, 0) is 4.79 Å². The van der Waals surface area contributed by atoms with Gasteiger partial charge in [0.25, 0.3) is 0 Å². The van der Waals surface area contributed by atoms with Crippen molar-refractivity contribution in [1.82, 2.24) is 0 Å². The molecule has 5 saturated carbocycles. The van der Waals surface area contributed by atoms with E-state index < -0.39 is 17.0 Å². The van der Waals surface area contributed by atoms with Gasteiger partial charge in [-0.25, -0.2) is 0 Å². The summed E-state index contributed by atoms with van der Waals surface area (Å²) >= 11 is 0. The molecule has 0 amide bonds. The number of terminal acetylenes is 1. The van der Waals surface area contributed by atoms with Gasteiger partial charge in [-0.1, -0.05) is 60.6 Å². The highest BCUT2D eigenvalue weighted by atomic mass is 16.4. The van der Waals surface area contributed by atoms with Crippen LogP contribution in [0.2, 0.25) is 0 Å². The van der Waals surface area contributed by atoms with Crippen molar-refractivity contribution in [3.63, 3.8) is 0 Å². The number of carboxylic acid groups (broad SMARTS) is 1. The molecule has 0 bridgehead atoms. The molecule has 3 heteroatoms. The molecule has 0 aromatic carbocycles. The first-order chi connectivity index (χ1) is 19.0. The first-order valence-corrected chi connectivity index (χ1v) is 17.1. The standard InChI is InChI=1S/C38H60O3/c1-11-18-36(12-2,13-3)38(41)24-21-33(8)28(32(38,6)7)17-19-35(10)29(33)15-14-27-30-26(25(4)5)16-20-37(30,31(39)40)23-22-34(27,35)9/h1,26-30,41H,4,12-24H2,2-3,5-10H3,(H,39,40)/t26-,27?,28?,29?,30?,33-,34+,35+,37-,38-/m0/s1. The zero-order valence-electron chi connectivity index (χ0n) is 27.7. The lowest BCUT2D eigenvalue weighted by Crippen LogP contribution is -2.71. The van der Waals surface area contributed by atoms with Crippen molar-refractivity contribution in [2.45, 2.75) is 144 Å². The first-order valence-electron chi connectivity index (χ1n) is 17.1. The maximum Gasteiger partial charge on any atom is 0.309 e. The van der Waals surface area contributed by atoms with E-state index in [0.29, 0.717) is 30.1 Å². The van der Waals surface area contributed by atoms with Crippen LogP contribution in [0.5, 0.6) is 0 Å². The fourth-order valence-electron chi connectivity index (χ4n) is 13.8. The van der Waals surface area contributed by atoms with Crippen molar-refractivity contribution in [2.75, 3.05) is 0 Å². The van der Waals surface area contributed by atoms with Crippen molar-refractivity contribution in [3.05, 3.63) is 12.2 Å². The van der Waals surface area contributed by atoms with Gasteiger partial charge in [-0.3, -0.25) is 4.79 Å². The molecule has 5 rings (SSSR count). The van der Waals surface area contributed by atoms with Crippen LogP contribution in [0, 0.1) is 74.4 Å². The van der Waals surface area contributed by atoms with Crippen LogP contribution in [0.15, 0.2) is 12.2 Å². The molecule has 230 valence electrons. The van der Waals surface area contributed by atoms with Gasteiger partial charge >= 0.3 is 5.97 Å². The number of fused-ring (bicyclic) bond motifs is 7. The average molecular weight is 565 g/mol. The summed E-state index contributed by atoms with van der Waals surface area (Å²) in [6.07, 6.45) is 18.6. The largest absolute Gasteiger partial charge is 0.481 e. The Hall–Kier alpha value is -1.27. The van der Waals surface area contributed by atoms with Gasteiger partial charge in [0.05, 0.1) is 11.0 Å². The topological polar surface area (TPSA) is 57.5 Å². The molecule has 0 spiro atoms. The van der Waals surface area contributed by atoms with E-state index in [9.17, 15) is 15.0 Å². The lowest BCUT2D eigenvalue weighted by atomic mass is 9.30. The van der Waals surface area contributed by atoms with Crippen LogP contribution in [0.1, 0.15) is 139 Å². The summed E-state index contributed by atoms with van der Waals surface area (Å²) in [6, 6.07) is 0. The van der Waals surface area contributed by atoms with Gasteiger partial charge in [0, 0.05) is 11.8 Å². The van der Waals surface area contributed by atoms with Crippen LogP contribution in [0.4, 0.5) is 0 Å². The van der Waals surface area contributed by atoms with Crippen molar-refractivity contribution in [1.29, 1.82) is 0 Å². The Morgan fingerprint density at radius 2 is 1.56 bits per heavy atom. The number of carboxylic acids is 1. The molecule has 0 aliphatic heterocycles. The molecule has 3 nitrogen and oxygen atoms in total. The van der Waals surface area contributed by atoms with E-state index in [1.807, 2.05) is 0 Å². The minimum Gasteiger partial charge on any atom is -0.481 e. The van der Waals surface area contributed by atoms with Crippen molar-refractivity contribution >= 4 is 5.97 Å². The lowest BCUT2D eigenvalue weighted by Gasteiger charge is -2.74. The van der Waals surface area contributed by atoms with Crippen molar-refractivity contribution in [2.24, 2.45) is 62.1 Å². The van der Waals surface area contributed by atoms with Gasteiger partial charge in [-0.05, 0) is 135 Å². The summed E-state index contributed by atoms with van der Waals surface area (Å²) in [5, 5.41) is 23.4. The van der Waals surface area contributed by atoms with E-state index in [1.54, 1.807) is 0 Å². The quantitative estimate of drug-likeness (QED) is 0.250. The molecule has 4 unspecified atom stereocenters. The van der Waals surface area contributed by atoms with Gasteiger partial charge in [0.1, 0.15) is 0 Å². The Bertz CT molecular complexity index is 1120. The van der Waals surface area contributed by atoms with E-state index in [4.69, 9.17) is 6.42 Å². The Morgan fingerprint density at radius 3 is 2.12 bits per heavy atom. The SMILES string of the molecule is C#CCC(CC)(CC)[C@]1(O)CC[C@@]2(C)C(CC[C@]3(C)C2CCC2C4[C@H](C(=C)C)CC[C@]4(C(=O)O)CC[C@]23C)C1(C)C. The summed E-state index contributed by atoms with van der Waals surface area (Å²) in [5.74, 6) is 4.44. The summed E-state index contributed by atoms with van der Waals surface area (Å²) in [4.78, 5) is 13.0. The van der Waals surface area contributed by atoms with Crippen LogP contribution >= 0.6 is 0 Å². The Morgan fingerprint density at radius 1 is 0.902 bits per heavy atom. The molecule has 5 aliphatic carbocycles. The molecule has 0 heterocycles. The van der Waals surface area contributed by atoms with E-state index in [0.717, 1.165) is 64.2 Å². The Labute approximate surface area is 251 Å². The van der Waals surface area contributed by atoms with E-state index in [-0.39, 0.29) is 33.0 Å². The normalized spacial score (nSPS) is 48.6. The molecular weight excluding hydrogens is 504 g/mol. The molecule has 0 radical (unpaired) electrons. The maximum atomic E-state index is 13.0. The first kappa shape index (κ1) is 31.2. The summed E-state index contributed by atoms with van der Waals surface area (Å²) in [6.45, 7) is 23.5. The van der Waals surface area contributed by atoms with Gasteiger partial charge < -0.3 is 10.2 Å². The second-order valence-electron chi connectivity index (χ2n) is 17.1.